The first-order chi connectivity index (χ1) is 10.2. The lowest BCUT2D eigenvalue weighted by Gasteiger charge is -2.20. The van der Waals surface area contributed by atoms with Crippen LogP contribution in [-0.2, 0) is 11.3 Å². The third kappa shape index (κ3) is 4.93. The van der Waals surface area contributed by atoms with Crippen LogP contribution in [-0.4, -0.2) is 23.9 Å². The Morgan fingerprint density at radius 2 is 1.90 bits per heavy atom. The van der Waals surface area contributed by atoms with Crippen molar-refractivity contribution < 1.29 is 4.79 Å². The van der Waals surface area contributed by atoms with Crippen molar-refractivity contribution in [3.8, 4) is 0 Å². The van der Waals surface area contributed by atoms with Gasteiger partial charge in [-0.1, -0.05) is 43.3 Å². The summed E-state index contributed by atoms with van der Waals surface area (Å²) in [5, 5.41) is 2.87. The zero-order chi connectivity index (χ0) is 15.1. The van der Waals surface area contributed by atoms with Crippen molar-refractivity contribution in [2.45, 2.75) is 13.5 Å². The Bertz CT molecular complexity index is 584. The highest BCUT2D eigenvalue weighted by molar-refractivity contribution is 5.92. The summed E-state index contributed by atoms with van der Waals surface area (Å²) < 4.78 is 0. The number of carbonyl (C=O) groups excluding carboxylic acids is 1. The second-order valence-electron chi connectivity index (χ2n) is 4.96. The van der Waals surface area contributed by atoms with Gasteiger partial charge in [-0.25, -0.2) is 0 Å². The molecule has 0 saturated carbocycles. The second-order valence-corrected chi connectivity index (χ2v) is 4.96. The molecule has 0 aliphatic rings. The van der Waals surface area contributed by atoms with Gasteiger partial charge in [-0.3, -0.25) is 9.69 Å². The monoisotopic (exact) mass is 283 g/mol. The van der Waals surface area contributed by atoms with Gasteiger partial charge in [-0.2, -0.15) is 0 Å². The molecule has 0 bridgehead atoms. The highest BCUT2D eigenvalue weighted by atomic mass is 16.2. The van der Waals surface area contributed by atoms with Crippen molar-refractivity contribution in [2.75, 3.05) is 24.1 Å². The quantitative estimate of drug-likeness (QED) is 0.801. The summed E-state index contributed by atoms with van der Waals surface area (Å²) in [5.41, 5.74) is 8.28. The number of nitrogens with two attached hydrogens (primary N) is 1. The van der Waals surface area contributed by atoms with E-state index < -0.39 is 0 Å². The summed E-state index contributed by atoms with van der Waals surface area (Å²) in [6, 6.07) is 17.4. The first-order valence-corrected chi connectivity index (χ1v) is 7.09. The molecule has 2 rings (SSSR count). The fourth-order valence-corrected chi connectivity index (χ4v) is 2.14. The molecular weight excluding hydrogens is 262 g/mol. The maximum atomic E-state index is 12.1. The molecule has 0 atom stereocenters. The molecule has 0 aromatic heterocycles. The van der Waals surface area contributed by atoms with Crippen LogP contribution in [0.5, 0.6) is 0 Å². The Labute approximate surface area is 125 Å². The lowest BCUT2D eigenvalue weighted by Crippen LogP contribution is -2.32. The number of hydrogen-bond acceptors (Lipinski definition) is 3. The summed E-state index contributed by atoms with van der Waals surface area (Å²) >= 11 is 0. The van der Waals surface area contributed by atoms with Crippen molar-refractivity contribution in [3.05, 3.63) is 60.2 Å². The summed E-state index contributed by atoms with van der Waals surface area (Å²) in [4.78, 5) is 14.2. The van der Waals surface area contributed by atoms with Crippen LogP contribution in [0, 0.1) is 0 Å². The van der Waals surface area contributed by atoms with E-state index in [0.717, 1.165) is 18.8 Å². The van der Waals surface area contributed by atoms with Crippen LogP contribution in [0.3, 0.4) is 0 Å². The molecule has 0 spiro atoms. The van der Waals surface area contributed by atoms with Crippen LogP contribution in [0.25, 0.3) is 0 Å². The molecule has 2 aromatic carbocycles. The Morgan fingerprint density at radius 1 is 1.14 bits per heavy atom. The number of amides is 1. The smallest absolute Gasteiger partial charge is 0.238 e. The first-order valence-electron chi connectivity index (χ1n) is 7.09. The van der Waals surface area contributed by atoms with Gasteiger partial charge < -0.3 is 11.1 Å². The number of hydrogen-bond donors (Lipinski definition) is 2. The normalized spacial score (nSPS) is 10.6. The van der Waals surface area contributed by atoms with Gasteiger partial charge >= 0.3 is 0 Å². The van der Waals surface area contributed by atoms with Gasteiger partial charge in [0.2, 0.25) is 5.91 Å². The second kappa shape index (κ2) is 7.45. The fraction of sp³-hybridized carbons (Fsp3) is 0.235. The van der Waals surface area contributed by atoms with Crippen LogP contribution in [0.1, 0.15) is 12.5 Å². The van der Waals surface area contributed by atoms with Gasteiger partial charge in [0.1, 0.15) is 0 Å². The van der Waals surface area contributed by atoms with E-state index in [1.54, 1.807) is 12.1 Å². The Kier molecular flexibility index (Phi) is 5.35. The molecule has 0 heterocycles. The molecule has 3 N–H and O–H groups in total. The molecule has 110 valence electrons. The number of nitrogen functional groups attached to an aromatic ring is 1. The van der Waals surface area contributed by atoms with E-state index in [-0.39, 0.29) is 5.91 Å². The molecule has 2 aromatic rings. The third-order valence-electron chi connectivity index (χ3n) is 3.23. The van der Waals surface area contributed by atoms with Crippen LogP contribution in [0.4, 0.5) is 11.4 Å². The van der Waals surface area contributed by atoms with Gasteiger partial charge in [-0.15, -0.1) is 0 Å². The van der Waals surface area contributed by atoms with Gasteiger partial charge in [0.25, 0.3) is 0 Å². The highest BCUT2D eigenvalue weighted by Crippen LogP contribution is 2.12. The maximum absolute atomic E-state index is 12.1. The number of nitrogens with one attached hydrogen (secondary N) is 1. The van der Waals surface area contributed by atoms with E-state index in [0.29, 0.717) is 12.2 Å². The van der Waals surface area contributed by atoms with E-state index in [9.17, 15) is 4.79 Å². The predicted octanol–water partition coefficient (Wildman–Crippen LogP) is 2.73. The van der Waals surface area contributed by atoms with E-state index in [1.165, 1.54) is 5.56 Å². The number of anilines is 2. The molecule has 4 heteroatoms. The molecular formula is C17H21N3O. The number of benzene rings is 2. The minimum atomic E-state index is -0.0293. The van der Waals surface area contributed by atoms with Crippen molar-refractivity contribution >= 4 is 17.3 Å². The van der Waals surface area contributed by atoms with E-state index in [2.05, 4.69) is 29.3 Å². The van der Waals surface area contributed by atoms with Crippen molar-refractivity contribution in [1.29, 1.82) is 0 Å². The molecule has 4 nitrogen and oxygen atoms in total. The minimum Gasteiger partial charge on any atom is -0.399 e. The standard InChI is InChI=1S/C17H21N3O/c1-2-20(12-14-7-4-3-5-8-14)13-17(21)19-16-10-6-9-15(18)11-16/h3-11H,2,12-13,18H2,1H3,(H,19,21). The Hall–Kier alpha value is -2.33. The van der Waals surface area contributed by atoms with E-state index in [1.807, 2.05) is 30.3 Å². The molecule has 0 aliphatic carbocycles. The van der Waals surface area contributed by atoms with Crippen LogP contribution >= 0.6 is 0 Å². The lowest BCUT2D eigenvalue weighted by molar-refractivity contribution is -0.117. The zero-order valence-electron chi connectivity index (χ0n) is 12.3. The molecule has 0 saturated heterocycles. The number of likely N-dealkylation sites (N-methyl/N-ethyl adjacent to an activating group) is 1. The SMILES string of the molecule is CCN(CC(=O)Nc1cccc(N)c1)Cc1ccccc1. The minimum absolute atomic E-state index is 0.0293. The molecule has 21 heavy (non-hydrogen) atoms. The summed E-state index contributed by atoms with van der Waals surface area (Å²) in [6.07, 6.45) is 0. The Balaban J connectivity index is 1.90. The number of rotatable bonds is 6. The first kappa shape index (κ1) is 15.1. The van der Waals surface area contributed by atoms with Gasteiger partial charge in [-0.05, 0) is 30.3 Å². The molecule has 0 aliphatic heterocycles. The van der Waals surface area contributed by atoms with E-state index in [4.69, 9.17) is 5.73 Å². The maximum Gasteiger partial charge on any atom is 0.238 e. The predicted molar refractivity (Wildman–Crippen MR) is 86.9 cm³/mol. The highest BCUT2D eigenvalue weighted by Gasteiger charge is 2.10. The van der Waals surface area contributed by atoms with Gasteiger partial charge in [0.15, 0.2) is 0 Å². The summed E-state index contributed by atoms with van der Waals surface area (Å²) in [5.74, 6) is -0.0293. The third-order valence-corrected chi connectivity index (χ3v) is 3.23. The van der Waals surface area contributed by atoms with Crippen molar-refractivity contribution in [3.63, 3.8) is 0 Å². The van der Waals surface area contributed by atoms with Crippen molar-refractivity contribution in [2.24, 2.45) is 0 Å². The average Bonchev–Trinajstić information content (AvgIpc) is 2.47. The summed E-state index contributed by atoms with van der Waals surface area (Å²) in [7, 11) is 0. The number of carbonyl (C=O) groups is 1. The molecule has 0 radical (unpaired) electrons. The summed E-state index contributed by atoms with van der Waals surface area (Å²) in [6.45, 7) is 4.00. The average molecular weight is 283 g/mol. The largest absolute Gasteiger partial charge is 0.399 e. The van der Waals surface area contributed by atoms with Crippen LogP contribution in [0.2, 0.25) is 0 Å². The fourth-order valence-electron chi connectivity index (χ4n) is 2.14. The molecule has 0 fully saturated rings. The van der Waals surface area contributed by atoms with Gasteiger partial charge in [0, 0.05) is 17.9 Å². The van der Waals surface area contributed by atoms with Crippen LogP contribution in [0.15, 0.2) is 54.6 Å². The van der Waals surface area contributed by atoms with E-state index >= 15 is 0 Å². The van der Waals surface area contributed by atoms with Crippen LogP contribution < -0.4 is 11.1 Å². The molecule has 1 amide bonds. The Morgan fingerprint density at radius 3 is 2.57 bits per heavy atom. The van der Waals surface area contributed by atoms with Crippen molar-refractivity contribution in [1.82, 2.24) is 4.90 Å². The lowest BCUT2D eigenvalue weighted by atomic mass is 10.2. The topological polar surface area (TPSA) is 58.4 Å². The van der Waals surface area contributed by atoms with Gasteiger partial charge in [0.05, 0.1) is 6.54 Å². The number of nitrogens with zero attached hydrogens (tertiary/aromatic N) is 1. The molecule has 0 unspecified atom stereocenters. The zero-order valence-corrected chi connectivity index (χ0v) is 12.3.